The standard InChI is InChI=1S/C50H72F6N2O9S2/c1-47-20-19-38-37-16-14-36(28-33(37)12-15-39(38)40(47)17-18-44(47)65-24-21-57(3)22-25-66-48(2,49(51,52)53)50(54,55)56)64-23-9-27-69-68-26-8-6-4-5-7-10-35(60)13-11-34-31-58(45(63)29-41(34)61)46-30-42(62)43(32-59)67-46/h14,16,28,31,38-40,42-44,46,59,62H,4-13,15,17-27,29-30,32H2,1-3H3. The molecule has 390 valence electrons. The number of Topliss-reactive ketones (excluding diaryl/α,β-unsaturated/α-hetero) is 2. The Balaban J connectivity index is 0.785. The van der Waals surface area contributed by atoms with E-state index in [1.165, 1.54) is 22.2 Å². The van der Waals surface area contributed by atoms with Crippen molar-refractivity contribution in [3.63, 3.8) is 0 Å². The minimum absolute atomic E-state index is 0.0218. The molecule has 19 heteroatoms. The number of benzene rings is 1. The van der Waals surface area contributed by atoms with Gasteiger partial charge in [-0.15, -0.1) is 0 Å². The smallest absolute Gasteiger partial charge is 0.426 e. The molecule has 0 aromatic heterocycles. The molecule has 6 rings (SSSR count). The number of hydrogen-bond donors (Lipinski definition) is 2. The number of alkyl halides is 6. The molecule has 2 N–H and O–H groups in total. The van der Waals surface area contributed by atoms with Gasteiger partial charge in [0.15, 0.2) is 5.78 Å². The van der Waals surface area contributed by atoms with Crippen LogP contribution in [0, 0.1) is 17.3 Å². The number of aliphatic hydroxyl groups excluding tert-OH is 2. The lowest BCUT2D eigenvalue weighted by atomic mass is 9.55. The molecule has 1 aromatic carbocycles. The average Bonchev–Trinajstić information content (AvgIpc) is 3.84. The second-order valence-corrected chi connectivity index (χ2v) is 22.7. The first-order chi connectivity index (χ1) is 32.8. The van der Waals surface area contributed by atoms with Gasteiger partial charge in [-0.25, -0.2) is 0 Å². The molecular weight excluding hydrogens is 951 g/mol. The number of carbonyl (C=O) groups excluding carboxylic acids is 3. The number of rotatable bonds is 27. The largest absolute Gasteiger partial charge is 0.494 e. The minimum Gasteiger partial charge on any atom is -0.494 e. The third-order valence-electron chi connectivity index (χ3n) is 15.4. The average molecular weight is 1020 g/mol. The fraction of sp³-hybridized carbons (Fsp3) is 0.780. The summed E-state index contributed by atoms with van der Waals surface area (Å²) in [5.41, 5.74) is -0.962. The molecule has 3 fully saturated rings. The van der Waals surface area contributed by atoms with Crippen LogP contribution in [0.25, 0.3) is 0 Å². The van der Waals surface area contributed by atoms with Gasteiger partial charge in [0.2, 0.25) is 5.91 Å². The molecule has 2 aliphatic heterocycles. The summed E-state index contributed by atoms with van der Waals surface area (Å²) < 4.78 is 102. The van der Waals surface area contributed by atoms with Crippen molar-refractivity contribution in [1.82, 2.24) is 9.80 Å². The lowest BCUT2D eigenvalue weighted by Gasteiger charge is -2.50. The van der Waals surface area contributed by atoms with E-state index in [4.69, 9.17) is 14.2 Å². The van der Waals surface area contributed by atoms with Crippen LogP contribution < -0.4 is 4.74 Å². The molecule has 69 heavy (non-hydrogen) atoms. The van der Waals surface area contributed by atoms with Crippen LogP contribution in [-0.2, 0) is 35.0 Å². The van der Waals surface area contributed by atoms with Crippen molar-refractivity contribution in [2.24, 2.45) is 17.3 Å². The number of fused-ring (bicyclic) bond motifs is 5. The van der Waals surface area contributed by atoms with Gasteiger partial charge in [-0.3, -0.25) is 19.3 Å². The number of allylic oxidation sites excluding steroid dienone is 1. The van der Waals surface area contributed by atoms with Crippen LogP contribution in [0.5, 0.6) is 5.75 Å². The highest BCUT2D eigenvalue weighted by atomic mass is 33.1. The monoisotopic (exact) mass is 1020 g/mol. The summed E-state index contributed by atoms with van der Waals surface area (Å²) in [6, 6.07) is 6.62. The Kier molecular flexibility index (Phi) is 20.3. The maximum Gasteiger partial charge on any atom is 0.426 e. The molecule has 1 saturated heterocycles. The van der Waals surface area contributed by atoms with Crippen molar-refractivity contribution in [1.29, 1.82) is 0 Å². The molecular formula is C50H72F6N2O9S2. The SMILES string of the molecule is CN(CCOC1CCC2C3CCc4cc(OCCCSSCCCCCCCC(=O)CCC5=CN(C6CC(O)C(CO)O6)C(=O)CC5=O)ccc4C3CCC12C)CCOC(C)(C(F)(F)F)C(F)(F)F. The van der Waals surface area contributed by atoms with Gasteiger partial charge in [-0.2, -0.15) is 26.3 Å². The summed E-state index contributed by atoms with van der Waals surface area (Å²) in [6.45, 7) is 2.57. The van der Waals surface area contributed by atoms with Crippen LogP contribution in [0.1, 0.15) is 134 Å². The van der Waals surface area contributed by atoms with Crippen molar-refractivity contribution in [2.75, 3.05) is 58.1 Å². The number of likely N-dealkylation sites (N-methyl/N-ethyl adjacent to an activating group) is 1. The molecule has 11 nitrogen and oxygen atoms in total. The Morgan fingerprint density at radius 2 is 1.64 bits per heavy atom. The predicted molar refractivity (Wildman–Crippen MR) is 253 cm³/mol. The Morgan fingerprint density at radius 3 is 2.36 bits per heavy atom. The summed E-state index contributed by atoms with van der Waals surface area (Å²) in [7, 11) is 5.40. The van der Waals surface area contributed by atoms with Crippen LogP contribution >= 0.6 is 21.6 Å². The topological polar surface area (TPSA) is 135 Å². The molecule has 8 unspecified atom stereocenters. The van der Waals surface area contributed by atoms with Crippen molar-refractivity contribution in [3.05, 3.63) is 41.1 Å². The number of ketones is 2. The number of halogens is 6. The molecule has 0 spiro atoms. The van der Waals surface area contributed by atoms with E-state index in [2.05, 4.69) is 29.9 Å². The van der Waals surface area contributed by atoms with Gasteiger partial charge in [-0.1, -0.05) is 53.8 Å². The number of unbranched alkanes of at least 4 members (excludes halogenated alkanes) is 4. The Bertz CT molecular complexity index is 1890. The van der Waals surface area contributed by atoms with Gasteiger partial charge >= 0.3 is 12.4 Å². The van der Waals surface area contributed by atoms with Gasteiger partial charge in [-0.05, 0) is 125 Å². The van der Waals surface area contributed by atoms with Crippen molar-refractivity contribution >= 4 is 39.1 Å². The van der Waals surface area contributed by atoms with E-state index < -0.39 is 48.9 Å². The lowest BCUT2D eigenvalue weighted by molar-refractivity contribution is -0.374. The van der Waals surface area contributed by atoms with Crippen molar-refractivity contribution in [3.8, 4) is 5.75 Å². The molecule has 3 aliphatic carbocycles. The van der Waals surface area contributed by atoms with E-state index in [1.54, 1.807) is 11.9 Å². The number of carbonyl (C=O) groups is 3. The van der Waals surface area contributed by atoms with E-state index in [0.717, 1.165) is 94.3 Å². The zero-order chi connectivity index (χ0) is 50.0. The zero-order valence-corrected chi connectivity index (χ0v) is 41.9. The fourth-order valence-electron chi connectivity index (χ4n) is 11.1. The second-order valence-electron chi connectivity index (χ2n) is 20.0. The number of hydrogen-bond acceptors (Lipinski definition) is 12. The highest BCUT2D eigenvalue weighted by Gasteiger charge is 2.69. The van der Waals surface area contributed by atoms with Gasteiger partial charge in [0, 0.05) is 55.6 Å². The first-order valence-corrected chi connectivity index (χ1v) is 27.3. The summed E-state index contributed by atoms with van der Waals surface area (Å²) in [6.07, 6.45) is 1.08. The molecule has 1 aromatic rings. The summed E-state index contributed by atoms with van der Waals surface area (Å²) in [4.78, 5) is 40.5. The number of amides is 1. The Morgan fingerprint density at radius 1 is 0.928 bits per heavy atom. The highest BCUT2D eigenvalue weighted by molar-refractivity contribution is 8.76. The number of aliphatic hydroxyl groups is 2. The maximum atomic E-state index is 13.2. The summed E-state index contributed by atoms with van der Waals surface area (Å²) >= 11 is 0. The van der Waals surface area contributed by atoms with Crippen molar-refractivity contribution < 1.29 is 69.9 Å². The highest BCUT2D eigenvalue weighted by Crippen LogP contribution is 2.61. The zero-order valence-electron chi connectivity index (χ0n) is 40.3. The van der Waals surface area contributed by atoms with Crippen LogP contribution in [0.3, 0.4) is 0 Å². The van der Waals surface area contributed by atoms with E-state index in [1.807, 2.05) is 21.6 Å². The molecule has 8 atom stereocenters. The summed E-state index contributed by atoms with van der Waals surface area (Å²) in [5, 5.41) is 19.4. The van der Waals surface area contributed by atoms with E-state index in [-0.39, 0.29) is 68.8 Å². The normalized spacial score (nSPS) is 27.4. The van der Waals surface area contributed by atoms with Gasteiger partial charge in [0.05, 0.1) is 45.1 Å². The Labute approximate surface area is 410 Å². The first-order valence-electron chi connectivity index (χ1n) is 24.8. The van der Waals surface area contributed by atoms with Gasteiger partial charge < -0.3 is 34.1 Å². The van der Waals surface area contributed by atoms with Crippen LogP contribution in [-0.4, -0.2) is 138 Å². The molecule has 2 heterocycles. The molecule has 2 saturated carbocycles. The van der Waals surface area contributed by atoms with E-state index in [0.29, 0.717) is 49.5 Å². The lowest BCUT2D eigenvalue weighted by Crippen LogP contribution is -2.57. The molecule has 1 amide bonds. The van der Waals surface area contributed by atoms with Crippen molar-refractivity contribution in [2.45, 2.75) is 171 Å². The Hall–Kier alpha value is -2.39. The molecule has 0 radical (unpaired) electrons. The first kappa shape index (κ1) is 55.9. The number of ether oxygens (including phenoxy) is 4. The van der Waals surface area contributed by atoms with E-state index in [9.17, 15) is 50.9 Å². The van der Waals surface area contributed by atoms with Gasteiger partial charge in [0.1, 0.15) is 23.9 Å². The number of aryl methyl sites for hydroxylation is 1. The van der Waals surface area contributed by atoms with Crippen LogP contribution in [0.15, 0.2) is 30.0 Å². The van der Waals surface area contributed by atoms with E-state index >= 15 is 0 Å². The van der Waals surface area contributed by atoms with Gasteiger partial charge in [0.25, 0.3) is 5.60 Å². The molecule has 0 bridgehead atoms. The van der Waals surface area contributed by atoms with Crippen LogP contribution in [0.2, 0.25) is 0 Å². The summed E-state index contributed by atoms with van der Waals surface area (Å²) in [5.74, 6) is 3.98. The fourth-order valence-corrected chi connectivity index (χ4v) is 13.3. The predicted octanol–water partition coefficient (Wildman–Crippen LogP) is 9.75. The third kappa shape index (κ3) is 14.2. The second kappa shape index (κ2) is 25.0. The maximum absolute atomic E-state index is 13.2. The number of nitrogens with zero attached hydrogens (tertiary/aromatic N) is 2. The third-order valence-corrected chi connectivity index (χ3v) is 18.0. The van der Waals surface area contributed by atoms with Crippen LogP contribution in [0.4, 0.5) is 26.3 Å². The molecule has 5 aliphatic rings. The quantitative estimate of drug-likeness (QED) is 0.0376. The minimum atomic E-state index is -5.58.